The first-order valence-electron chi connectivity index (χ1n) is 13.1. The van der Waals surface area contributed by atoms with Crippen LogP contribution < -0.4 is 10.6 Å². The number of nitrogens with two attached hydrogens (primary N) is 1. The zero-order valence-corrected chi connectivity index (χ0v) is 23.0. The van der Waals surface area contributed by atoms with Crippen LogP contribution in [-0.2, 0) is 16.1 Å². The third kappa shape index (κ3) is 4.64. The molecule has 0 spiro atoms. The lowest BCUT2D eigenvalue weighted by Gasteiger charge is -2.42. The summed E-state index contributed by atoms with van der Waals surface area (Å²) in [5.74, 6) is 1.33. The van der Waals surface area contributed by atoms with Gasteiger partial charge in [0.25, 0.3) is 0 Å². The number of fused-ring (bicyclic) bond motifs is 2. The summed E-state index contributed by atoms with van der Waals surface area (Å²) in [6.07, 6.45) is 1.81. The Kier molecular flexibility index (Phi) is 6.55. The number of ether oxygens (including phenoxy) is 1. The molecule has 3 N–H and O–H groups in total. The molecule has 0 bridgehead atoms. The first-order chi connectivity index (χ1) is 18.3. The van der Waals surface area contributed by atoms with Crippen LogP contribution in [0, 0.1) is 6.92 Å². The van der Waals surface area contributed by atoms with Crippen LogP contribution >= 0.6 is 11.3 Å². The molecule has 2 fully saturated rings. The lowest BCUT2D eigenvalue weighted by Crippen LogP contribution is -2.59. The van der Waals surface area contributed by atoms with Crippen LogP contribution in [0.4, 0.5) is 5.82 Å². The standard InChI is InChI=1S/C27H34N8O2S/c1-17-14-19-20(30-17)4-5-29-22(19)24-31-21-15-18(38-23(21)25(32-24)34-10-12-37-13-11-34)16-33-6-8-35(9-7-33)27(2,3)26(28)36/h4-5,14-15,30H,6-13,16H2,1-3H3,(H2,28,36). The first-order valence-corrected chi connectivity index (χ1v) is 14.0. The summed E-state index contributed by atoms with van der Waals surface area (Å²) < 4.78 is 6.73. The van der Waals surface area contributed by atoms with Crippen molar-refractivity contribution in [1.29, 1.82) is 0 Å². The smallest absolute Gasteiger partial charge is 0.237 e. The second-order valence-electron chi connectivity index (χ2n) is 10.7. The van der Waals surface area contributed by atoms with E-state index in [4.69, 9.17) is 25.4 Å². The SMILES string of the molecule is Cc1cc2c(-c3nc(N4CCOCC4)c4sc(CN5CCN(C(C)(C)C(N)=O)CC5)cc4n3)nccc2[nH]1. The lowest BCUT2D eigenvalue weighted by molar-refractivity contribution is -0.129. The van der Waals surface area contributed by atoms with E-state index in [-0.39, 0.29) is 5.91 Å². The number of rotatable bonds is 6. The molecule has 200 valence electrons. The number of piperazine rings is 1. The number of pyridine rings is 1. The minimum atomic E-state index is -0.627. The topological polar surface area (TPSA) is 116 Å². The van der Waals surface area contributed by atoms with Crippen LogP contribution in [0.15, 0.2) is 24.4 Å². The van der Waals surface area contributed by atoms with Crippen LogP contribution in [0.5, 0.6) is 0 Å². The summed E-state index contributed by atoms with van der Waals surface area (Å²) in [4.78, 5) is 38.3. The average molecular weight is 535 g/mol. The van der Waals surface area contributed by atoms with Crippen LogP contribution in [-0.4, -0.2) is 93.7 Å². The fourth-order valence-electron chi connectivity index (χ4n) is 5.35. The monoisotopic (exact) mass is 534 g/mol. The molecule has 2 aliphatic rings. The van der Waals surface area contributed by atoms with Gasteiger partial charge in [-0.3, -0.25) is 19.6 Å². The Morgan fingerprint density at radius 3 is 2.63 bits per heavy atom. The molecule has 6 heterocycles. The predicted octanol–water partition coefficient (Wildman–Crippen LogP) is 2.76. The highest BCUT2D eigenvalue weighted by molar-refractivity contribution is 7.19. The van der Waals surface area contributed by atoms with E-state index in [1.165, 1.54) is 4.88 Å². The largest absolute Gasteiger partial charge is 0.378 e. The van der Waals surface area contributed by atoms with Crippen molar-refractivity contribution in [3.05, 3.63) is 35.0 Å². The Labute approximate surface area is 225 Å². The van der Waals surface area contributed by atoms with E-state index >= 15 is 0 Å². The van der Waals surface area contributed by atoms with Crippen molar-refractivity contribution in [2.45, 2.75) is 32.9 Å². The van der Waals surface area contributed by atoms with Gasteiger partial charge in [-0.1, -0.05) is 0 Å². The molecule has 11 heteroatoms. The van der Waals surface area contributed by atoms with Crippen molar-refractivity contribution >= 4 is 44.2 Å². The molecule has 0 radical (unpaired) electrons. The van der Waals surface area contributed by atoms with Crippen molar-refractivity contribution in [1.82, 2.24) is 29.7 Å². The number of nitrogens with one attached hydrogen (secondary N) is 1. The van der Waals surface area contributed by atoms with Gasteiger partial charge in [0.1, 0.15) is 5.69 Å². The molecule has 1 amide bonds. The van der Waals surface area contributed by atoms with Gasteiger partial charge in [-0.2, -0.15) is 0 Å². The van der Waals surface area contributed by atoms with Gasteiger partial charge in [0.05, 0.1) is 29.0 Å². The minimum absolute atomic E-state index is 0.277. The quantitative estimate of drug-likeness (QED) is 0.388. The number of hydrogen-bond acceptors (Lipinski definition) is 9. The zero-order valence-electron chi connectivity index (χ0n) is 22.2. The Bertz CT molecular complexity index is 1480. The van der Waals surface area contributed by atoms with Crippen molar-refractivity contribution in [3.8, 4) is 11.5 Å². The summed E-state index contributed by atoms with van der Waals surface area (Å²) in [6.45, 7) is 13.1. The van der Waals surface area contributed by atoms with Gasteiger partial charge in [-0.25, -0.2) is 9.97 Å². The number of thiophene rings is 1. The summed E-state index contributed by atoms with van der Waals surface area (Å²) in [5.41, 5.74) is 8.88. The number of carbonyl (C=O) groups excluding carboxylic acids is 1. The van der Waals surface area contributed by atoms with Gasteiger partial charge in [-0.05, 0) is 39.0 Å². The van der Waals surface area contributed by atoms with Crippen molar-refractivity contribution in [2.24, 2.45) is 5.73 Å². The van der Waals surface area contributed by atoms with Gasteiger partial charge >= 0.3 is 0 Å². The van der Waals surface area contributed by atoms with E-state index in [0.717, 1.165) is 84.1 Å². The summed E-state index contributed by atoms with van der Waals surface area (Å²) in [5, 5.41) is 1.03. The first kappa shape index (κ1) is 25.2. The third-order valence-corrected chi connectivity index (χ3v) is 8.86. The number of morpholine rings is 1. The number of hydrogen-bond donors (Lipinski definition) is 2. The Balaban J connectivity index is 1.32. The highest BCUT2D eigenvalue weighted by atomic mass is 32.1. The molecule has 0 atom stereocenters. The van der Waals surface area contributed by atoms with Crippen LogP contribution in [0.2, 0.25) is 0 Å². The van der Waals surface area contributed by atoms with Crippen molar-refractivity contribution in [2.75, 3.05) is 57.4 Å². The van der Waals surface area contributed by atoms with E-state index in [1.807, 2.05) is 33.0 Å². The maximum Gasteiger partial charge on any atom is 0.237 e. The van der Waals surface area contributed by atoms with E-state index < -0.39 is 5.54 Å². The minimum Gasteiger partial charge on any atom is -0.378 e. The van der Waals surface area contributed by atoms with Gasteiger partial charge in [-0.15, -0.1) is 11.3 Å². The molecule has 2 saturated heterocycles. The van der Waals surface area contributed by atoms with Crippen LogP contribution in [0.3, 0.4) is 0 Å². The molecular weight excluding hydrogens is 500 g/mol. The Morgan fingerprint density at radius 2 is 1.89 bits per heavy atom. The predicted molar refractivity (Wildman–Crippen MR) is 150 cm³/mol. The molecule has 6 rings (SSSR count). The number of H-pyrrole nitrogens is 1. The zero-order chi connectivity index (χ0) is 26.4. The molecule has 0 aliphatic carbocycles. The van der Waals surface area contributed by atoms with Gasteiger partial charge in [0.15, 0.2) is 11.6 Å². The van der Waals surface area contributed by atoms with Gasteiger partial charge in [0, 0.05) is 73.5 Å². The summed E-state index contributed by atoms with van der Waals surface area (Å²) >= 11 is 1.77. The lowest BCUT2D eigenvalue weighted by atomic mass is 10.0. The second kappa shape index (κ2) is 9.88. The summed E-state index contributed by atoms with van der Waals surface area (Å²) in [7, 11) is 0. The van der Waals surface area contributed by atoms with E-state index in [1.54, 1.807) is 11.3 Å². The van der Waals surface area contributed by atoms with Crippen LogP contribution in [0.1, 0.15) is 24.4 Å². The van der Waals surface area contributed by atoms with E-state index in [0.29, 0.717) is 19.0 Å². The van der Waals surface area contributed by atoms with Gasteiger partial charge in [0.2, 0.25) is 5.91 Å². The molecule has 38 heavy (non-hydrogen) atoms. The number of aryl methyl sites for hydroxylation is 1. The van der Waals surface area contributed by atoms with E-state index in [9.17, 15) is 4.79 Å². The van der Waals surface area contributed by atoms with Crippen LogP contribution in [0.25, 0.3) is 32.6 Å². The number of primary amides is 1. The summed E-state index contributed by atoms with van der Waals surface area (Å²) in [6, 6.07) is 6.30. The average Bonchev–Trinajstić information content (AvgIpc) is 3.50. The maximum atomic E-state index is 11.9. The number of carbonyl (C=O) groups is 1. The molecule has 4 aromatic heterocycles. The number of aromatic amines is 1. The number of nitrogens with zero attached hydrogens (tertiary/aromatic N) is 6. The normalized spacial score (nSPS) is 18.0. The molecule has 2 aliphatic heterocycles. The fourth-order valence-corrected chi connectivity index (χ4v) is 6.51. The number of amides is 1. The van der Waals surface area contributed by atoms with Crippen molar-refractivity contribution < 1.29 is 9.53 Å². The highest BCUT2D eigenvalue weighted by Gasteiger charge is 2.34. The Hall–Kier alpha value is -3.12. The third-order valence-electron chi connectivity index (χ3n) is 7.76. The van der Waals surface area contributed by atoms with E-state index in [2.05, 4.69) is 31.8 Å². The molecule has 0 aromatic carbocycles. The number of anilines is 1. The molecule has 10 nitrogen and oxygen atoms in total. The molecule has 4 aromatic rings. The molecular formula is C27H34N8O2S. The Morgan fingerprint density at radius 1 is 1.13 bits per heavy atom. The fraction of sp³-hybridized carbons (Fsp3) is 0.481. The van der Waals surface area contributed by atoms with Crippen molar-refractivity contribution in [3.63, 3.8) is 0 Å². The number of aromatic nitrogens is 4. The second-order valence-corrected chi connectivity index (χ2v) is 11.8. The maximum absolute atomic E-state index is 11.9. The highest BCUT2D eigenvalue weighted by Crippen LogP contribution is 2.36. The van der Waals surface area contributed by atoms with Gasteiger partial charge < -0.3 is 20.4 Å². The molecule has 0 unspecified atom stereocenters. The molecule has 0 saturated carbocycles.